The number of nitrogens with two attached hydrogens (primary N) is 3. The number of amides is 2. The van der Waals surface area contributed by atoms with E-state index in [9.17, 15) is 27.6 Å². The molecule has 2 aromatic rings. The fourth-order valence-electron chi connectivity index (χ4n) is 1.98. The van der Waals surface area contributed by atoms with Crippen LogP contribution < -0.4 is 17.2 Å². The minimum absolute atomic E-state index is 0.0130. The number of ether oxygens (including phenoxy) is 2. The van der Waals surface area contributed by atoms with Gasteiger partial charge in [0.05, 0.1) is 24.7 Å². The summed E-state index contributed by atoms with van der Waals surface area (Å²) in [5.74, 6) is -2.60. The summed E-state index contributed by atoms with van der Waals surface area (Å²) < 4.78 is 40.2. The predicted molar refractivity (Wildman–Crippen MR) is 143 cm³/mol. The molecule has 0 saturated carbocycles. The molecule has 15 nitrogen and oxygen atoms in total. The van der Waals surface area contributed by atoms with Crippen molar-refractivity contribution >= 4 is 69.4 Å². The number of carbonyl (C=O) groups excluding carboxylic acids is 4. The van der Waals surface area contributed by atoms with Crippen LogP contribution in [0, 0.1) is 18.3 Å². The standard InChI is InChI=1S/C10H9N3O4S.C7H9N3O3S.C4H8O2S/c1-7-2-4-8(5-3-7)18(15,16)17-13-9(6-11)10(12)14;1-2-13-7(12)5-3(8)4(6(9)11)10-14-5;1-2-6-4(5)3-7/h2-5H,1H3,(H2,12,14);2,8H2,1H3,(H2,9,11);7H,2-3H2,1H3/b13-9-;;. The number of carbonyl (C=O) groups is 4. The van der Waals surface area contributed by atoms with Crippen LogP contribution in [0.3, 0.4) is 0 Å². The van der Waals surface area contributed by atoms with E-state index in [0.717, 1.165) is 17.1 Å². The highest BCUT2D eigenvalue weighted by Gasteiger charge is 2.21. The van der Waals surface area contributed by atoms with Gasteiger partial charge in [-0.1, -0.05) is 17.7 Å². The van der Waals surface area contributed by atoms with Crippen LogP contribution in [-0.4, -0.2) is 61.2 Å². The van der Waals surface area contributed by atoms with Crippen molar-refractivity contribution in [3.05, 3.63) is 40.4 Å². The Morgan fingerprint density at radius 3 is 2.05 bits per heavy atom. The molecule has 2 amide bonds. The predicted octanol–water partition coefficient (Wildman–Crippen LogP) is 0.545. The number of hydrogen-bond acceptors (Lipinski definition) is 15. The molecule has 0 bridgehead atoms. The molecule has 39 heavy (non-hydrogen) atoms. The first-order valence-electron chi connectivity index (χ1n) is 10.5. The molecule has 0 aliphatic heterocycles. The van der Waals surface area contributed by atoms with Gasteiger partial charge in [-0.25, -0.2) is 4.79 Å². The van der Waals surface area contributed by atoms with Crippen molar-refractivity contribution < 1.29 is 41.4 Å². The molecule has 0 atom stereocenters. The fourth-order valence-corrected chi connectivity index (χ4v) is 3.50. The second-order valence-electron chi connectivity index (χ2n) is 6.58. The van der Waals surface area contributed by atoms with Crippen LogP contribution in [0.25, 0.3) is 0 Å². The lowest BCUT2D eigenvalue weighted by Crippen LogP contribution is -2.22. The van der Waals surface area contributed by atoms with Crippen LogP contribution in [-0.2, 0) is 33.5 Å². The van der Waals surface area contributed by atoms with Gasteiger partial charge >= 0.3 is 22.1 Å². The van der Waals surface area contributed by atoms with E-state index in [2.05, 4.69) is 31.2 Å². The highest BCUT2D eigenvalue weighted by Crippen LogP contribution is 2.22. The summed E-state index contributed by atoms with van der Waals surface area (Å²) in [5, 5.41) is 11.3. The Labute approximate surface area is 233 Å². The lowest BCUT2D eigenvalue weighted by molar-refractivity contribution is -0.139. The third-order valence-corrected chi connectivity index (χ3v) is 5.95. The Hall–Kier alpha value is -4.21. The second-order valence-corrected chi connectivity index (χ2v) is 9.20. The zero-order valence-electron chi connectivity index (χ0n) is 20.9. The highest BCUT2D eigenvalue weighted by molar-refractivity contribution is 7.86. The Morgan fingerprint density at radius 1 is 1.10 bits per heavy atom. The Morgan fingerprint density at radius 2 is 1.67 bits per heavy atom. The normalized spacial score (nSPS) is 10.4. The van der Waals surface area contributed by atoms with E-state index >= 15 is 0 Å². The number of nitrogen functional groups attached to an aromatic ring is 1. The van der Waals surface area contributed by atoms with Crippen LogP contribution in [0.15, 0.2) is 34.3 Å². The maximum atomic E-state index is 11.6. The fraction of sp³-hybridized carbons (Fsp3) is 0.286. The van der Waals surface area contributed by atoms with Crippen LogP contribution >= 0.6 is 24.2 Å². The van der Waals surface area contributed by atoms with Gasteiger partial charge in [0.2, 0.25) is 5.71 Å². The van der Waals surface area contributed by atoms with Crippen LogP contribution in [0.1, 0.15) is 39.6 Å². The largest absolute Gasteiger partial charge is 0.465 e. The van der Waals surface area contributed by atoms with Crippen LogP contribution in [0.2, 0.25) is 0 Å². The van der Waals surface area contributed by atoms with Gasteiger partial charge in [0.1, 0.15) is 11.0 Å². The number of hydrogen-bond donors (Lipinski definition) is 4. The number of anilines is 1. The summed E-state index contributed by atoms with van der Waals surface area (Å²) in [6.45, 7) is 5.91. The van der Waals surface area contributed by atoms with Crippen molar-refractivity contribution in [2.75, 3.05) is 24.7 Å². The molecular weight excluding hydrogens is 576 g/mol. The van der Waals surface area contributed by atoms with E-state index in [1.54, 1.807) is 32.9 Å². The van der Waals surface area contributed by atoms with Crippen molar-refractivity contribution in [3.63, 3.8) is 0 Å². The van der Waals surface area contributed by atoms with E-state index in [1.165, 1.54) is 18.2 Å². The van der Waals surface area contributed by atoms with E-state index in [0.29, 0.717) is 6.61 Å². The summed E-state index contributed by atoms with van der Waals surface area (Å²) in [7, 11) is -4.16. The molecule has 0 spiro atoms. The van der Waals surface area contributed by atoms with Crippen molar-refractivity contribution in [2.24, 2.45) is 16.6 Å². The molecule has 6 N–H and O–H groups in total. The monoisotopic (exact) mass is 602 g/mol. The third kappa shape index (κ3) is 12.3. The van der Waals surface area contributed by atoms with Gasteiger partial charge < -0.3 is 26.7 Å². The molecule has 0 aliphatic rings. The average molecular weight is 603 g/mol. The summed E-state index contributed by atoms with van der Waals surface area (Å²) in [6.07, 6.45) is 0. The molecule has 0 unspecified atom stereocenters. The summed E-state index contributed by atoms with van der Waals surface area (Å²) in [5.41, 5.74) is 15.2. The molecule has 1 heterocycles. The van der Waals surface area contributed by atoms with Crippen molar-refractivity contribution in [3.8, 4) is 6.07 Å². The summed E-state index contributed by atoms with van der Waals surface area (Å²) in [6, 6.07) is 7.09. The van der Waals surface area contributed by atoms with Crippen LogP contribution in [0.5, 0.6) is 0 Å². The number of rotatable bonds is 9. The Balaban J connectivity index is 0.000000610. The van der Waals surface area contributed by atoms with E-state index in [4.69, 9.17) is 27.2 Å². The van der Waals surface area contributed by atoms with Gasteiger partial charge in [0.25, 0.3) is 11.8 Å². The minimum atomic E-state index is -4.16. The number of nitriles is 1. The second kappa shape index (κ2) is 17.3. The first-order chi connectivity index (χ1) is 18.2. The Bertz CT molecular complexity index is 1330. The number of esters is 2. The number of primary amides is 2. The molecule has 1 aromatic carbocycles. The van der Waals surface area contributed by atoms with Crippen molar-refractivity contribution in [1.29, 1.82) is 5.26 Å². The lowest BCUT2D eigenvalue weighted by Gasteiger charge is -2.01. The highest BCUT2D eigenvalue weighted by atomic mass is 32.2. The summed E-state index contributed by atoms with van der Waals surface area (Å²) >= 11 is 4.48. The molecule has 0 saturated heterocycles. The quantitative estimate of drug-likeness (QED) is 0.133. The zero-order valence-corrected chi connectivity index (χ0v) is 23.5. The zero-order chi connectivity index (χ0) is 30.2. The first-order valence-corrected chi connectivity index (χ1v) is 13.3. The van der Waals surface area contributed by atoms with Gasteiger partial charge in [-0.15, -0.1) is 0 Å². The van der Waals surface area contributed by atoms with Gasteiger partial charge in [-0.2, -0.15) is 30.7 Å². The molecule has 0 radical (unpaired) electrons. The molecule has 18 heteroatoms. The average Bonchev–Trinajstić information content (AvgIpc) is 3.27. The maximum Gasteiger partial charge on any atom is 0.358 e. The molecule has 1 aromatic heterocycles. The number of benzene rings is 1. The van der Waals surface area contributed by atoms with Crippen LogP contribution in [0.4, 0.5) is 5.69 Å². The van der Waals surface area contributed by atoms with Gasteiger partial charge in [-0.3, -0.25) is 18.7 Å². The van der Waals surface area contributed by atoms with Crippen molar-refractivity contribution in [2.45, 2.75) is 25.7 Å². The smallest absolute Gasteiger partial charge is 0.358 e. The SMILES string of the molecule is CCOC(=O)CS.CCOC(=O)c1snc(C(N)=O)c1N.Cc1ccc(S(=O)(=O)O/N=C(/C#N)C(N)=O)cc1. The number of aryl methyl sites for hydroxylation is 1. The lowest BCUT2D eigenvalue weighted by atomic mass is 10.2. The molecular formula is C21H26N6O9S3. The maximum absolute atomic E-state index is 11.6. The number of oxime groups is 1. The third-order valence-electron chi connectivity index (χ3n) is 3.73. The van der Waals surface area contributed by atoms with E-state index in [1.807, 2.05) is 0 Å². The van der Waals surface area contributed by atoms with Gasteiger partial charge in [0.15, 0.2) is 10.6 Å². The Kier molecular flexibility index (Phi) is 15.5. The minimum Gasteiger partial charge on any atom is -0.465 e. The molecule has 0 fully saturated rings. The van der Waals surface area contributed by atoms with E-state index in [-0.39, 0.29) is 39.5 Å². The topological polar surface area (TPSA) is 257 Å². The number of aromatic nitrogens is 1. The number of thiol groups is 1. The molecule has 212 valence electrons. The molecule has 2 rings (SSSR count). The van der Waals surface area contributed by atoms with Crippen molar-refractivity contribution in [1.82, 2.24) is 4.37 Å². The summed E-state index contributed by atoms with van der Waals surface area (Å²) in [4.78, 5) is 42.7. The first kappa shape index (κ1) is 34.8. The number of nitrogens with zero attached hydrogens (tertiary/aromatic N) is 3. The van der Waals surface area contributed by atoms with Gasteiger partial charge in [-0.05, 0) is 49.6 Å². The molecule has 0 aliphatic carbocycles. The van der Waals surface area contributed by atoms with E-state index < -0.39 is 33.6 Å². The van der Waals surface area contributed by atoms with Gasteiger partial charge in [0, 0.05) is 0 Å².